The highest BCUT2D eigenvalue weighted by molar-refractivity contribution is 6.56. The number of hydrogen-bond donors (Lipinski definition) is 0. The predicted molar refractivity (Wildman–Crippen MR) is 187 cm³/mol. The van der Waals surface area contributed by atoms with Gasteiger partial charge in [-0.25, -0.2) is 0 Å². The first kappa shape index (κ1) is 31.4. The quantitative estimate of drug-likeness (QED) is 0.0920. The van der Waals surface area contributed by atoms with Crippen LogP contribution >= 0.6 is 46.4 Å². The molecule has 0 spiro atoms. The van der Waals surface area contributed by atoms with Crippen molar-refractivity contribution < 1.29 is 19.2 Å². The summed E-state index contributed by atoms with van der Waals surface area (Å²) in [4.78, 5) is 58.6. The molecule has 0 radical (unpaired) electrons. The number of imide groups is 2. The highest BCUT2D eigenvalue weighted by Crippen LogP contribution is 2.54. The normalized spacial score (nSPS) is 16.3. The topological polar surface area (TPSA) is 74.8 Å². The molecule has 0 fully saturated rings. The fourth-order valence-electron chi connectivity index (χ4n) is 7.55. The molecule has 0 saturated heterocycles. The van der Waals surface area contributed by atoms with E-state index in [0.717, 1.165) is 25.7 Å². The Morgan fingerprint density at radius 3 is 0.978 bits per heavy atom. The van der Waals surface area contributed by atoms with Gasteiger partial charge in [0.25, 0.3) is 23.6 Å². The molecule has 7 rings (SSSR count). The van der Waals surface area contributed by atoms with Crippen molar-refractivity contribution in [3.8, 4) is 0 Å². The van der Waals surface area contributed by atoms with Crippen molar-refractivity contribution >= 4 is 113 Å². The molecule has 0 saturated carbocycles. The summed E-state index contributed by atoms with van der Waals surface area (Å²) in [6.07, 6.45) is 4.92. The Hall–Kier alpha value is -3.16. The Morgan fingerprint density at radius 1 is 0.478 bits per heavy atom. The van der Waals surface area contributed by atoms with Crippen LogP contribution < -0.4 is 0 Å². The van der Waals surface area contributed by atoms with Crippen molar-refractivity contribution in [2.45, 2.75) is 78.3 Å². The molecule has 4 amide bonds. The summed E-state index contributed by atoms with van der Waals surface area (Å²) in [6, 6.07) is 5.68. The maximum Gasteiger partial charge on any atom is 0.261 e. The molecular weight excluding hydrogens is 666 g/mol. The van der Waals surface area contributed by atoms with Crippen LogP contribution in [0.15, 0.2) is 24.3 Å². The van der Waals surface area contributed by atoms with E-state index in [9.17, 15) is 19.2 Å². The molecule has 236 valence electrons. The number of unbranched alkanes of at least 4 members (excludes halogenated alkanes) is 2. The SMILES string of the molecule is CCCCC(C)N1C(=O)c2cc(Cl)c3c4c(Cl)cc5c6c(cc(Cl)c(c7c(Cl)cc(c2c37)C1=O)c64)C(=O)N(C(C)CCCC)C5=O. The highest BCUT2D eigenvalue weighted by Gasteiger charge is 2.41. The van der Waals surface area contributed by atoms with Crippen molar-refractivity contribution in [2.24, 2.45) is 0 Å². The van der Waals surface area contributed by atoms with Crippen LogP contribution in [0.1, 0.15) is 108 Å². The monoisotopic (exact) mass is 694 g/mol. The summed E-state index contributed by atoms with van der Waals surface area (Å²) in [6.45, 7) is 7.85. The fourth-order valence-corrected chi connectivity index (χ4v) is 8.75. The summed E-state index contributed by atoms with van der Waals surface area (Å²) < 4.78 is 0. The first-order valence-corrected chi connectivity index (χ1v) is 17.2. The molecule has 10 heteroatoms. The van der Waals surface area contributed by atoms with Crippen LogP contribution in [0, 0.1) is 0 Å². The van der Waals surface area contributed by atoms with E-state index >= 15 is 0 Å². The standard InChI is InChI=1S/C36H30Cl4N2O4/c1-5-7-9-15(3)41-33(43)17-11-21(37)27-29-23(39)13-19-26-20(36(46)42(35(19)45)16(4)10-8-6-2)14-24(40)30(32(26)29)28-22(38)12-18(34(41)44)25(17)31(27)28/h11-16H,5-10H2,1-4H3. The lowest BCUT2D eigenvalue weighted by atomic mass is 9.81. The number of hydrogen-bond acceptors (Lipinski definition) is 4. The van der Waals surface area contributed by atoms with Gasteiger partial charge in [0.05, 0.1) is 22.3 Å². The number of rotatable bonds is 8. The van der Waals surface area contributed by atoms with Gasteiger partial charge < -0.3 is 0 Å². The summed E-state index contributed by atoms with van der Waals surface area (Å²) >= 11 is 28.3. The number of carbonyl (C=O) groups is 4. The molecule has 2 unspecified atom stereocenters. The van der Waals surface area contributed by atoms with E-state index in [1.54, 1.807) is 24.3 Å². The fraction of sp³-hybridized carbons (Fsp3) is 0.333. The van der Waals surface area contributed by atoms with Crippen LogP contribution in [0.2, 0.25) is 20.1 Å². The van der Waals surface area contributed by atoms with Crippen LogP contribution in [-0.2, 0) is 0 Å². The van der Waals surface area contributed by atoms with Crippen LogP contribution in [0.5, 0.6) is 0 Å². The van der Waals surface area contributed by atoms with Crippen LogP contribution in [0.4, 0.5) is 0 Å². The van der Waals surface area contributed by atoms with E-state index in [1.165, 1.54) is 9.80 Å². The Labute approximate surface area is 285 Å². The summed E-state index contributed by atoms with van der Waals surface area (Å²) in [7, 11) is 0. The lowest BCUT2D eigenvalue weighted by Crippen LogP contribution is -2.46. The second-order valence-corrected chi connectivity index (χ2v) is 14.2. The average molecular weight is 696 g/mol. The van der Waals surface area contributed by atoms with Gasteiger partial charge >= 0.3 is 0 Å². The van der Waals surface area contributed by atoms with Gasteiger partial charge in [-0.1, -0.05) is 85.9 Å². The van der Waals surface area contributed by atoms with Gasteiger partial charge in [-0.15, -0.1) is 0 Å². The maximum atomic E-state index is 14.0. The molecule has 5 aromatic carbocycles. The van der Waals surface area contributed by atoms with E-state index in [4.69, 9.17) is 46.4 Å². The molecule has 0 aliphatic carbocycles. The Bertz CT molecular complexity index is 1920. The van der Waals surface area contributed by atoms with E-state index in [2.05, 4.69) is 13.8 Å². The summed E-state index contributed by atoms with van der Waals surface area (Å²) in [5.74, 6) is -1.71. The Balaban J connectivity index is 1.60. The molecule has 2 heterocycles. The summed E-state index contributed by atoms with van der Waals surface area (Å²) in [5.41, 5.74) is 1.18. The lowest BCUT2D eigenvalue weighted by molar-refractivity contribution is 0.0527. The zero-order valence-corrected chi connectivity index (χ0v) is 28.8. The van der Waals surface area contributed by atoms with E-state index < -0.39 is 23.6 Å². The minimum Gasteiger partial charge on any atom is -0.272 e. The van der Waals surface area contributed by atoms with Crippen molar-refractivity contribution in [3.63, 3.8) is 0 Å². The molecule has 2 aliphatic rings. The van der Waals surface area contributed by atoms with Gasteiger partial charge in [-0.2, -0.15) is 0 Å². The first-order valence-electron chi connectivity index (χ1n) is 15.7. The molecule has 0 N–H and O–H groups in total. The van der Waals surface area contributed by atoms with E-state index in [0.29, 0.717) is 78.2 Å². The smallest absolute Gasteiger partial charge is 0.261 e. The molecule has 2 atom stereocenters. The number of nitrogens with zero attached hydrogens (tertiary/aromatic N) is 2. The first-order chi connectivity index (χ1) is 21.9. The number of fused-ring (bicyclic) bond motifs is 2. The third kappa shape index (κ3) is 4.16. The number of halogens is 4. The van der Waals surface area contributed by atoms with Gasteiger partial charge in [0, 0.05) is 75.3 Å². The molecule has 0 aromatic heterocycles. The largest absolute Gasteiger partial charge is 0.272 e. The Kier molecular flexibility index (Phi) is 7.67. The van der Waals surface area contributed by atoms with Gasteiger partial charge in [0.2, 0.25) is 0 Å². The zero-order valence-electron chi connectivity index (χ0n) is 25.7. The minimum absolute atomic E-state index is 0.230. The molecule has 0 bridgehead atoms. The third-order valence-electron chi connectivity index (χ3n) is 9.75. The van der Waals surface area contributed by atoms with Gasteiger partial charge in [-0.05, 0) is 51.0 Å². The van der Waals surface area contributed by atoms with Gasteiger partial charge in [0.1, 0.15) is 0 Å². The number of amides is 4. The van der Waals surface area contributed by atoms with Gasteiger partial charge in [0.15, 0.2) is 0 Å². The highest BCUT2D eigenvalue weighted by atomic mass is 35.5. The van der Waals surface area contributed by atoms with Crippen LogP contribution in [-0.4, -0.2) is 45.5 Å². The lowest BCUT2D eigenvalue weighted by Gasteiger charge is -2.34. The second-order valence-electron chi connectivity index (χ2n) is 12.6. The molecule has 46 heavy (non-hydrogen) atoms. The van der Waals surface area contributed by atoms with Crippen molar-refractivity contribution in [2.75, 3.05) is 0 Å². The van der Waals surface area contributed by atoms with Gasteiger partial charge in [-0.3, -0.25) is 29.0 Å². The van der Waals surface area contributed by atoms with Crippen molar-refractivity contribution in [1.82, 2.24) is 9.80 Å². The van der Waals surface area contributed by atoms with Crippen LogP contribution in [0.3, 0.4) is 0 Å². The molecule has 6 nitrogen and oxygen atoms in total. The molecule has 5 aromatic rings. The second kappa shape index (κ2) is 11.2. The maximum absolute atomic E-state index is 14.0. The number of benzene rings is 5. The average Bonchev–Trinajstić information content (AvgIpc) is 3.01. The molecule has 2 aliphatic heterocycles. The zero-order chi connectivity index (χ0) is 32.9. The summed E-state index contributed by atoms with van der Waals surface area (Å²) in [5, 5.41) is 4.68. The number of carbonyl (C=O) groups excluding carboxylic acids is 4. The van der Waals surface area contributed by atoms with Crippen LogP contribution in [0.25, 0.3) is 43.1 Å². The third-order valence-corrected chi connectivity index (χ3v) is 10.9. The molecular formula is C36H30Cl4N2O4. The Morgan fingerprint density at radius 2 is 0.739 bits per heavy atom. The minimum atomic E-state index is -0.426. The van der Waals surface area contributed by atoms with E-state index in [-0.39, 0.29) is 32.2 Å². The van der Waals surface area contributed by atoms with E-state index in [1.807, 2.05) is 13.8 Å². The van der Waals surface area contributed by atoms with Crippen molar-refractivity contribution in [1.29, 1.82) is 0 Å². The van der Waals surface area contributed by atoms with Crippen molar-refractivity contribution in [3.05, 3.63) is 66.6 Å². The predicted octanol–water partition coefficient (Wildman–Crippen LogP) is 10.7.